The van der Waals surface area contributed by atoms with Crippen molar-refractivity contribution in [2.24, 2.45) is 0 Å². The number of hydrogen-bond acceptors (Lipinski definition) is 4. The molecule has 0 radical (unpaired) electrons. The number of amides is 2. The minimum atomic E-state index is -1.18. The average Bonchev–Trinajstić information content (AvgIpc) is 2.56. The van der Waals surface area contributed by atoms with Crippen molar-refractivity contribution in [3.05, 3.63) is 24.0 Å². The van der Waals surface area contributed by atoms with E-state index in [2.05, 4.69) is 17.3 Å². The van der Waals surface area contributed by atoms with Crippen LogP contribution >= 0.6 is 0 Å². The predicted molar refractivity (Wildman–Crippen MR) is 60.4 cm³/mol. The Morgan fingerprint density at radius 1 is 1.56 bits per heavy atom. The first-order valence-electron chi connectivity index (χ1n) is 5.47. The molecule has 0 aromatic carbocycles. The van der Waals surface area contributed by atoms with Crippen LogP contribution in [-0.2, 0) is 14.4 Å². The number of aliphatic carboxylic acids is 1. The van der Waals surface area contributed by atoms with Crippen molar-refractivity contribution in [1.82, 2.24) is 10.7 Å². The Morgan fingerprint density at radius 3 is 2.72 bits per heavy atom. The summed E-state index contributed by atoms with van der Waals surface area (Å²) in [7, 11) is 1.57. The largest absolute Gasteiger partial charge is 0.476 e. The van der Waals surface area contributed by atoms with E-state index >= 15 is 0 Å². The van der Waals surface area contributed by atoms with Crippen molar-refractivity contribution < 1.29 is 24.1 Å². The number of carbonyl (C=O) groups excluding carboxylic acids is 2. The Morgan fingerprint density at radius 2 is 2.22 bits per heavy atom. The summed E-state index contributed by atoms with van der Waals surface area (Å²) in [4.78, 5) is 34.0. The average molecular weight is 252 g/mol. The van der Waals surface area contributed by atoms with Crippen LogP contribution in [0.2, 0.25) is 0 Å². The molecule has 0 saturated carbocycles. The lowest BCUT2D eigenvalue weighted by molar-refractivity contribution is -0.888. The minimum Gasteiger partial charge on any atom is -0.476 e. The summed E-state index contributed by atoms with van der Waals surface area (Å²) in [5.41, 5.74) is 2.95. The van der Waals surface area contributed by atoms with Gasteiger partial charge in [0.15, 0.2) is 11.7 Å². The van der Waals surface area contributed by atoms with Gasteiger partial charge in [-0.3, -0.25) is 4.79 Å². The van der Waals surface area contributed by atoms with E-state index in [1.54, 1.807) is 7.05 Å². The van der Waals surface area contributed by atoms with Gasteiger partial charge in [-0.2, -0.15) is 4.59 Å². The molecule has 0 aromatic rings. The molecule has 2 aliphatic heterocycles. The van der Waals surface area contributed by atoms with E-state index in [0.29, 0.717) is 12.1 Å². The maximum atomic E-state index is 12.0. The summed E-state index contributed by atoms with van der Waals surface area (Å²) in [5.74, 6) is -1.69. The molecule has 0 bridgehead atoms. The second-order valence-electron chi connectivity index (χ2n) is 4.52. The van der Waals surface area contributed by atoms with E-state index in [9.17, 15) is 14.4 Å². The number of carbonyl (C=O) groups is 3. The van der Waals surface area contributed by atoms with Crippen LogP contribution < -0.4 is 10.7 Å². The first kappa shape index (κ1) is 12.3. The maximum Gasteiger partial charge on any atom is 0.365 e. The van der Waals surface area contributed by atoms with Crippen LogP contribution in [0, 0.1) is 0 Å². The zero-order chi connectivity index (χ0) is 13.5. The summed E-state index contributed by atoms with van der Waals surface area (Å²) >= 11 is 0. The third-order valence-corrected chi connectivity index (χ3v) is 3.28. The van der Waals surface area contributed by atoms with Crippen LogP contribution in [0.5, 0.6) is 0 Å². The fraction of sp³-hybridized carbons (Fsp3) is 0.364. The van der Waals surface area contributed by atoms with Gasteiger partial charge in [-0.1, -0.05) is 6.58 Å². The number of carboxylic acid groups (broad SMARTS) is 1. The molecule has 1 fully saturated rings. The molecule has 2 atom stereocenters. The highest BCUT2D eigenvalue weighted by atomic mass is 16.4. The van der Waals surface area contributed by atoms with Gasteiger partial charge in [0, 0.05) is 12.8 Å². The van der Waals surface area contributed by atoms with Crippen molar-refractivity contribution in [1.29, 1.82) is 0 Å². The van der Waals surface area contributed by atoms with Crippen molar-refractivity contribution >= 4 is 17.8 Å². The molecule has 18 heavy (non-hydrogen) atoms. The molecule has 2 heterocycles. The number of nitrogens with one attached hydrogen (secondary N) is 2. The van der Waals surface area contributed by atoms with Gasteiger partial charge in [-0.05, 0) is 0 Å². The number of hydrogen-bond donors (Lipinski definition) is 3. The third-order valence-electron chi connectivity index (χ3n) is 3.28. The maximum absolute atomic E-state index is 12.0. The summed E-state index contributed by atoms with van der Waals surface area (Å²) in [6.45, 7) is 3.73. The van der Waals surface area contributed by atoms with E-state index in [1.807, 2.05) is 0 Å². The molecule has 2 unspecified atom stereocenters. The molecular weight excluding hydrogens is 238 g/mol. The van der Waals surface area contributed by atoms with Crippen LogP contribution in [0.25, 0.3) is 0 Å². The normalized spacial score (nSPS) is 31.7. The van der Waals surface area contributed by atoms with Gasteiger partial charge in [0.25, 0.3) is 0 Å². The Bertz CT molecular complexity index is 497. The molecule has 2 amide bonds. The van der Waals surface area contributed by atoms with Crippen molar-refractivity contribution in [3.8, 4) is 0 Å². The highest BCUT2D eigenvalue weighted by Gasteiger charge is 2.49. The molecule has 1 saturated heterocycles. The molecule has 2 rings (SSSR count). The SMILES string of the molecule is C=C1NC(=O)CCC1[N+]1(C)NC(C(=O)O)=CC1=O. The highest BCUT2D eigenvalue weighted by Crippen LogP contribution is 2.26. The number of nitrogens with zero attached hydrogens (tertiary/aromatic N) is 1. The van der Waals surface area contributed by atoms with Gasteiger partial charge in [0.05, 0.1) is 18.8 Å². The summed E-state index contributed by atoms with van der Waals surface area (Å²) in [6.07, 6.45) is 1.79. The first-order valence-corrected chi connectivity index (χ1v) is 5.47. The molecule has 7 nitrogen and oxygen atoms in total. The lowest BCUT2D eigenvalue weighted by Crippen LogP contribution is -2.64. The lowest BCUT2D eigenvalue weighted by atomic mass is 10.0. The molecule has 96 valence electrons. The third kappa shape index (κ3) is 1.78. The lowest BCUT2D eigenvalue weighted by Gasteiger charge is -2.37. The van der Waals surface area contributed by atoms with Gasteiger partial charge in [0.2, 0.25) is 5.91 Å². The standard InChI is InChI=1S/C11H13N3O4/c1-6-8(3-4-9(15)12-6)14(2)10(16)5-7(13-14)11(17)18/h5,8H,1,3-4H2,2H3,(H2-,12,13,15,16,17,18)/p+1. The van der Waals surface area contributed by atoms with Crippen LogP contribution in [0.4, 0.5) is 0 Å². The van der Waals surface area contributed by atoms with Gasteiger partial charge in [0.1, 0.15) is 0 Å². The van der Waals surface area contributed by atoms with E-state index in [1.165, 1.54) is 0 Å². The van der Waals surface area contributed by atoms with Crippen molar-refractivity contribution in [3.63, 3.8) is 0 Å². The van der Waals surface area contributed by atoms with Crippen LogP contribution in [0.3, 0.4) is 0 Å². The number of carboxylic acids is 1. The predicted octanol–water partition coefficient (Wildman–Crippen LogP) is -0.761. The van der Waals surface area contributed by atoms with Crippen LogP contribution in [-0.4, -0.2) is 40.6 Å². The van der Waals surface area contributed by atoms with Crippen LogP contribution in [0.15, 0.2) is 24.0 Å². The highest BCUT2D eigenvalue weighted by molar-refractivity contribution is 5.97. The Hall–Kier alpha value is -2.15. The quantitative estimate of drug-likeness (QED) is 0.561. The first-order chi connectivity index (χ1) is 8.34. The van der Waals surface area contributed by atoms with E-state index in [-0.39, 0.29) is 34.6 Å². The van der Waals surface area contributed by atoms with Gasteiger partial charge in [-0.15, -0.1) is 0 Å². The number of likely N-dealkylation sites (N-methyl/N-ethyl adjacent to an activating group) is 1. The molecule has 7 heteroatoms. The number of quaternary nitrogens is 1. The van der Waals surface area contributed by atoms with Crippen molar-refractivity contribution in [2.75, 3.05) is 7.05 Å². The van der Waals surface area contributed by atoms with Crippen molar-refractivity contribution in [2.45, 2.75) is 18.9 Å². The molecule has 0 aromatic heterocycles. The Kier molecular flexibility index (Phi) is 2.70. The number of rotatable bonds is 2. The summed E-state index contributed by atoms with van der Waals surface area (Å²) in [6, 6.07) is -0.372. The zero-order valence-corrected chi connectivity index (χ0v) is 9.90. The summed E-state index contributed by atoms with van der Waals surface area (Å²) < 4.78 is -0.305. The van der Waals surface area contributed by atoms with E-state index in [0.717, 1.165) is 6.08 Å². The zero-order valence-electron chi connectivity index (χ0n) is 9.90. The molecule has 0 aliphatic carbocycles. The van der Waals surface area contributed by atoms with Gasteiger partial charge in [-0.25, -0.2) is 15.0 Å². The van der Waals surface area contributed by atoms with Gasteiger partial charge < -0.3 is 10.4 Å². The smallest absolute Gasteiger partial charge is 0.365 e. The van der Waals surface area contributed by atoms with Crippen LogP contribution in [0.1, 0.15) is 12.8 Å². The Balaban J connectivity index is 2.24. The molecular formula is C11H14N3O4+. The summed E-state index contributed by atoms with van der Waals surface area (Å²) in [5, 5.41) is 11.5. The second kappa shape index (κ2) is 3.95. The fourth-order valence-corrected chi connectivity index (χ4v) is 2.27. The van der Waals surface area contributed by atoms with Gasteiger partial charge >= 0.3 is 11.9 Å². The Labute approximate surface area is 103 Å². The topological polar surface area (TPSA) is 95.5 Å². The van der Waals surface area contributed by atoms with E-state index < -0.39 is 5.97 Å². The number of piperidine rings is 1. The second-order valence-corrected chi connectivity index (χ2v) is 4.52. The molecule has 3 N–H and O–H groups in total. The minimum absolute atomic E-state index is 0.138. The van der Waals surface area contributed by atoms with E-state index in [4.69, 9.17) is 5.11 Å². The monoisotopic (exact) mass is 252 g/mol. The fourth-order valence-electron chi connectivity index (χ4n) is 2.27. The molecule has 2 aliphatic rings. The molecule has 0 spiro atoms.